The van der Waals surface area contributed by atoms with Gasteiger partial charge in [-0.3, -0.25) is 0 Å². The van der Waals surface area contributed by atoms with Gasteiger partial charge in [0.25, 0.3) is 0 Å². The Morgan fingerprint density at radius 3 is 0.470 bits per heavy atom. The third kappa shape index (κ3) is 65.4. The molecule has 6 nitrogen and oxygen atoms in total. The summed E-state index contributed by atoms with van der Waals surface area (Å²) in [6.45, 7) is 17.7. The van der Waals surface area contributed by atoms with Crippen molar-refractivity contribution in [3.8, 4) is 34.5 Å². The lowest BCUT2D eigenvalue weighted by Gasteiger charge is -2.26. The van der Waals surface area contributed by atoms with Gasteiger partial charge in [-0.05, 0) is 66.8 Å². The molecule has 132 heavy (non-hydrogen) atoms. The third-order valence-electron chi connectivity index (χ3n) is 29.7. The molecular weight excluding hydrogens is 1610 g/mol. The van der Waals surface area contributed by atoms with Crippen LogP contribution in [-0.4, -0.2) is 39.6 Å². The summed E-state index contributed by atoms with van der Waals surface area (Å²) >= 11 is 0. The fourth-order valence-electron chi connectivity index (χ4n) is 20.9. The van der Waals surface area contributed by atoms with E-state index in [1.807, 2.05) is 0 Å². The molecule has 0 aliphatic heterocycles. The Balaban J connectivity index is 1.78. The lowest BCUT2D eigenvalue weighted by atomic mass is 9.91. The van der Waals surface area contributed by atoms with Gasteiger partial charge in [0.1, 0.15) is 0 Å². The van der Waals surface area contributed by atoms with Crippen LogP contribution in [-0.2, 0) is 0 Å². The zero-order chi connectivity index (χ0) is 93.5. The molecule has 0 fully saturated rings. The molecule has 768 valence electrons. The van der Waals surface area contributed by atoms with Gasteiger partial charge in [-0.2, -0.15) is 0 Å². The van der Waals surface area contributed by atoms with Crippen LogP contribution in [0.3, 0.4) is 0 Å². The van der Waals surface area contributed by atoms with Crippen LogP contribution in [0, 0.1) is 0 Å². The SMILES string of the molecule is CCCCCCCCCCCCCCCCCCOc1ccc2c3ccccc3c3c(OCCCCCCCCCCCCCCCCCC)c(OCCCCCCCCCCCCCCCCCC)c(OCCCCCCCCCCCCCCCCCC)c(OCCCCCCCCCCCCCCCCCC)c3c2c1OCCCCCCCCCCCCCCCCCC. The Morgan fingerprint density at radius 2 is 0.265 bits per heavy atom. The van der Waals surface area contributed by atoms with Gasteiger partial charge >= 0.3 is 0 Å². The Hall–Kier alpha value is -3.54. The maximum absolute atomic E-state index is 7.75. The van der Waals surface area contributed by atoms with Gasteiger partial charge in [0.05, 0.1) is 39.6 Å². The van der Waals surface area contributed by atoms with Crippen molar-refractivity contribution >= 4 is 32.3 Å². The molecule has 4 aromatic rings. The quantitative estimate of drug-likeness (QED) is 0.0324. The Labute approximate surface area is 824 Å². The van der Waals surface area contributed by atoms with E-state index in [0.29, 0.717) is 39.6 Å². The smallest absolute Gasteiger partial charge is 0.208 e. The molecule has 0 saturated heterocycles. The van der Waals surface area contributed by atoms with Gasteiger partial charge < -0.3 is 28.4 Å². The zero-order valence-corrected chi connectivity index (χ0v) is 90.0. The second kappa shape index (κ2) is 95.0. The second-order valence-corrected chi connectivity index (χ2v) is 42.3. The van der Waals surface area contributed by atoms with Crippen LogP contribution >= 0.6 is 0 Å². The zero-order valence-electron chi connectivity index (χ0n) is 90.0. The second-order valence-electron chi connectivity index (χ2n) is 42.3. The molecular formula is C126H228O6. The number of benzene rings is 4. The molecule has 0 saturated carbocycles. The normalized spacial score (nSPS) is 11.8. The van der Waals surface area contributed by atoms with E-state index < -0.39 is 0 Å². The molecule has 0 aromatic heterocycles. The Bertz CT molecular complexity index is 3020. The minimum Gasteiger partial charge on any atom is -0.490 e. The van der Waals surface area contributed by atoms with Crippen molar-refractivity contribution in [1.29, 1.82) is 0 Å². The molecule has 6 heteroatoms. The van der Waals surface area contributed by atoms with Gasteiger partial charge in [-0.1, -0.05) is 644 Å². The van der Waals surface area contributed by atoms with Gasteiger partial charge in [0, 0.05) is 16.2 Å². The van der Waals surface area contributed by atoms with Crippen molar-refractivity contribution in [3.63, 3.8) is 0 Å². The van der Waals surface area contributed by atoms with Crippen LogP contribution in [0.4, 0.5) is 0 Å². The van der Waals surface area contributed by atoms with Crippen LogP contribution in [0.25, 0.3) is 32.3 Å². The van der Waals surface area contributed by atoms with E-state index in [-0.39, 0.29) is 0 Å². The van der Waals surface area contributed by atoms with Crippen molar-refractivity contribution in [1.82, 2.24) is 0 Å². The highest BCUT2D eigenvalue weighted by Gasteiger charge is 2.31. The minimum absolute atomic E-state index is 0.606. The molecule has 0 aliphatic carbocycles. The predicted octanol–water partition coefficient (Wildman–Crippen LogP) is 45.0. The van der Waals surface area contributed by atoms with E-state index in [1.54, 1.807) is 0 Å². The maximum Gasteiger partial charge on any atom is 0.208 e. The molecule has 4 aromatic carbocycles. The van der Waals surface area contributed by atoms with Crippen molar-refractivity contribution in [3.05, 3.63) is 36.4 Å². The van der Waals surface area contributed by atoms with E-state index in [2.05, 4.69) is 77.9 Å². The van der Waals surface area contributed by atoms with Crippen LogP contribution < -0.4 is 28.4 Å². The van der Waals surface area contributed by atoms with Crippen LogP contribution in [0.15, 0.2) is 36.4 Å². The number of hydrogen-bond donors (Lipinski definition) is 0. The number of rotatable bonds is 108. The number of unbranched alkanes of at least 4 members (excludes halogenated alkanes) is 90. The first-order valence-electron chi connectivity index (χ1n) is 60.9. The first kappa shape index (κ1) is 121. The fraction of sp³-hybridized carbons (Fsp3) is 0.857. The summed E-state index contributed by atoms with van der Waals surface area (Å²) in [6.07, 6.45) is 129. The topological polar surface area (TPSA) is 55.4 Å². The Morgan fingerprint density at radius 1 is 0.121 bits per heavy atom. The minimum atomic E-state index is 0.606. The van der Waals surface area contributed by atoms with Gasteiger partial charge in [-0.15, -0.1) is 0 Å². The van der Waals surface area contributed by atoms with Crippen molar-refractivity contribution < 1.29 is 28.4 Å². The summed E-state index contributed by atoms with van der Waals surface area (Å²) in [4.78, 5) is 0. The Kier molecular flexibility index (Phi) is 86.9. The first-order chi connectivity index (χ1) is 65.7. The summed E-state index contributed by atoms with van der Waals surface area (Å²) in [5.74, 6) is 4.88. The molecule has 0 N–H and O–H groups in total. The van der Waals surface area contributed by atoms with E-state index in [0.717, 1.165) is 115 Å². The average molecular weight is 1840 g/mol. The molecule has 0 unspecified atom stereocenters. The molecule has 4 rings (SSSR count). The van der Waals surface area contributed by atoms with E-state index in [1.165, 1.54) is 568 Å². The number of hydrogen-bond acceptors (Lipinski definition) is 6. The molecule has 0 amide bonds. The van der Waals surface area contributed by atoms with Crippen molar-refractivity contribution in [2.75, 3.05) is 39.6 Å². The van der Waals surface area contributed by atoms with Crippen LogP contribution in [0.5, 0.6) is 34.5 Å². The fourth-order valence-corrected chi connectivity index (χ4v) is 20.9. The summed E-state index contributed by atoms with van der Waals surface area (Å²) < 4.78 is 45.5. The largest absolute Gasteiger partial charge is 0.490 e. The number of ether oxygens (including phenoxy) is 6. The van der Waals surface area contributed by atoms with E-state index in [4.69, 9.17) is 28.4 Å². The summed E-state index contributed by atoms with van der Waals surface area (Å²) in [6, 6.07) is 13.9. The molecule has 0 radical (unpaired) electrons. The lowest BCUT2D eigenvalue weighted by Crippen LogP contribution is -2.10. The lowest BCUT2D eigenvalue weighted by molar-refractivity contribution is 0.222. The molecule has 0 atom stereocenters. The number of fused-ring (bicyclic) bond motifs is 6. The maximum atomic E-state index is 7.75. The first-order valence-corrected chi connectivity index (χ1v) is 60.9. The monoisotopic (exact) mass is 1840 g/mol. The van der Waals surface area contributed by atoms with Crippen LogP contribution in [0.2, 0.25) is 0 Å². The van der Waals surface area contributed by atoms with Crippen LogP contribution in [0.1, 0.15) is 658 Å². The molecule has 0 spiro atoms. The van der Waals surface area contributed by atoms with Crippen molar-refractivity contribution in [2.24, 2.45) is 0 Å². The van der Waals surface area contributed by atoms with Crippen molar-refractivity contribution in [2.45, 2.75) is 658 Å². The van der Waals surface area contributed by atoms with Gasteiger partial charge in [0.15, 0.2) is 23.0 Å². The third-order valence-corrected chi connectivity index (χ3v) is 29.7. The summed E-state index contributed by atoms with van der Waals surface area (Å²) in [5, 5.41) is 6.77. The highest BCUT2D eigenvalue weighted by atomic mass is 16.6. The van der Waals surface area contributed by atoms with E-state index >= 15 is 0 Å². The van der Waals surface area contributed by atoms with Gasteiger partial charge in [0.2, 0.25) is 11.5 Å². The average Bonchev–Trinajstić information content (AvgIpc) is 0.706. The molecule has 0 heterocycles. The summed E-state index contributed by atoms with van der Waals surface area (Å²) in [5.41, 5.74) is 0. The molecule has 0 bridgehead atoms. The highest BCUT2D eigenvalue weighted by molar-refractivity contribution is 6.31. The summed E-state index contributed by atoms with van der Waals surface area (Å²) in [7, 11) is 0. The van der Waals surface area contributed by atoms with Gasteiger partial charge in [-0.25, -0.2) is 0 Å². The highest BCUT2D eigenvalue weighted by Crippen LogP contribution is 2.58. The standard InChI is InChI=1S/C126H228O6/c1-7-13-19-25-31-37-43-49-55-61-67-73-79-85-91-99-109-127-118-108-107-117-115-105-97-98-106-116(115)120-121(119(117)122(118)128-110-100-92-86-80-74-68-62-56-50-44-38-32-26-20-14-8-2)124(130-112-102-94-88-82-76-70-64-58-52-46-40-34-28-22-16-10-4)126(132-114-104-96-90-84-78-72-66-60-54-48-42-36-30-24-18-12-6)125(131-113-103-95-89-83-77-71-65-59-53-47-41-35-29-23-17-11-5)123(120)129-111-101-93-87-81-75-69-63-57-51-45-39-33-27-21-15-9-3/h97-98,105-108H,7-96,99-104,109-114H2,1-6H3. The predicted molar refractivity (Wildman–Crippen MR) is 589 cm³/mol. The molecule has 0 aliphatic rings. The van der Waals surface area contributed by atoms with E-state index in [9.17, 15) is 0 Å².